The van der Waals surface area contributed by atoms with Crippen LogP contribution in [-0.4, -0.2) is 17.5 Å². The highest BCUT2D eigenvalue weighted by atomic mass is 16.6. The molecule has 0 radical (unpaired) electrons. The van der Waals surface area contributed by atoms with E-state index in [-0.39, 0.29) is 11.0 Å². The summed E-state index contributed by atoms with van der Waals surface area (Å²) in [5, 5.41) is 0. The third-order valence-electron chi connectivity index (χ3n) is 6.64. The Morgan fingerprint density at radius 1 is 1.36 bits per heavy atom. The van der Waals surface area contributed by atoms with Gasteiger partial charge in [-0.3, -0.25) is 4.79 Å². The molecule has 5 atom stereocenters. The topological polar surface area (TPSA) is 29.6 Å². The SMILES string of the molecule is C=C(C)[C@H]1CC(=O)[C@]2(C)C/C=C(/C)CC[C@@H]3O[C@@]3(C)CC[C@@H]12. The van der Waals surface area contributed by atoms with E-state index in [9.17, 15) is 4.79 Å². The lowest BCUT2D eigenvalue weighted by molar-refractivity contribution is -0.126. The number of hydrogen-bond acceptors (Lipinski definition) is 2. The van der Waals surface area contributed by atoms with E-state index >= 15 is 0 Å². The van der Waals surface area contributed by atoms with Crippen LogP contribution in [0.5, 0.6) is 0 Å². The first-order chi connectivity index (χ1) is 10.3. The van der Waals surface area contributed by atoms with Gasteiger partial charge in [0.2, 0.25) is 0 Å². The van der Waals surface area contributed by atoms with Gasteiger partial charge in [-0.05, 0) is 64.7 Å². The molecule has 0 N–H and O–H groups in total. The summed E-state index contributed by atoms with van der Waals surface area (Å²) in [6.45, 7) is 12.9. The maximum Gasteiger partial charge on any atom is 0.139 e. The van der Waals surface area contributed by atoms with Crippen LogP contribution in [-0.2, 0) is 9.53 Å². The van der Waals surface area contributed by atoms with Gasteiger partial charge in [-0.15, -0.1) is 0 Å². The lowest BCUT2D eigenvalue weighted by Gasteiger charge is -2.33. The predicted octanol–water partition coefficient (Wildman–Crippen LogP) is 4.84. The molecule has 122 valence electrons. The van der Waals surface area contributed by atoms with Gasteiger partial charge in [0.15, 0.2) is 0 Å². The first-order valence-electron chi connectivity index (χ1n) is 8.78. The zero-order valence-corrected chi connectivity index (χ0v) is 14.6. The van der Waals surface area contributed by atoms with E-state index in [1.807, 2.05) is 0 Å². The number of rotatable bonds is 1. The first kappa shape index (κ1) is 16.0. The standard InChI is InChI=1S/C20H30O2/c1-13(2)15-12-17(21)19(4)10-8-14(3)6-7-18-20(5,22-18)11-9-16(15)19/h8,15-16,18H,1,6-7,9-12H2,2-5H3/b14-8-/t15-,16+,18+,19-,20+/m1/s1. The Morgan fingerprint density at radius 3 is 2.77 bits per heavy atom. The van der Waals surface area contributed by atoms with Crippen LogP contribution in [0.25, 0.3) is 0 Å². The molecule has 0 aromatic heterocycles. The molecule has 2 nitrogen and oxygen atoms in total. The lowest BCUT2D eigenvalue weighted by Crippen LogP contribution is -2.31. The number of carbonyl (C=O) groups excluding carboxylic acids is 1. The van der Waals surface area contributed by atoms with E-state index in [0.29, 0.717) is 30.1 Å². The molecule has 2 heteroatoms. The highest BCUT2D eigenvalue weighted by molar-refractivity contribution is 5.88. The summed E-state index contributed by atoms with van der Waals surface area (Å²) in [6.07, 6.45) is 8.70. The van der Waals surface area contributed by atoms with Crippen molar-refractivity contribution in [1.29, 1.82) is 0 Å². The molecule has 1 saturated carbocycles. The number of carbonyl (C=O) groups is 1. The van der Waals surface area contributed by atoms with Crippen LogP contribution in [0.1, 0.15) is 66.2 Å². The van der Waals surface area contributed by atoms with Crippen LogP contribution in [0.3, 0.4) is 0 Å². The molecule has 2 fully saturated rings. The van der Waals surface area contributed by atoms with Crippen molar-refractivity contribution in [2.45, 2.75) is 77.9 Å². The minimum Gasteiger partial charge on any atom is -0.366 e. The zero-order valence-electron chi connectivity index (χ0n) is 14.6. The Morgan fingerprint density at radius 2 is 2.09 bits per heavy atom. The lowest BCUT2D eigenvalue weighted by atomic mass is 9.70. The Labute approximate surface area is 135 Å². The van der Waals surface area contributed by atoms with Crippen molar-refractivity contribution < 1.29 is 9.53 Å². The van der Waals surface area contributed by atoms with Gasteiger partial charge in [-0.1, -0.05) is 30.7 Å². The van der Waals surface area contributed by atoms with Gasteiger partial charge in [0, 0.05) is 11.8 Å². The number of fused-ring (bicyclic) bond motifs is 2. The second-order valence-electron chi connectivity index (χ2n) is 8.36. The minimum absolute atomic E-state index is 0.0524. The van der Waals surface area contributed by atoms with E-state index in [2.05, 4.69) is 40.3 Å². The Hall–Kier alpha value is -0.890. The Kier molecular flexibility index (Phi) is 3.87. The average Bonchev–Trinajstić information content (AvgIpc) is 3.03. The van der Waals surface area contributed by atoms with Crippen LogP contribution in [0.4, 0.5) is 0 Å². The molecule has 0 aromatic carbocycles. The van der Waals surface area contributed by atoms with Crippen molar-refractivity contribution in [2.75, 3.05) is 0 Å². The van der Waals surface area contributed by atoms with Crippen LogP contribution in [0.2, 0.25) is 0 Å². The zero-order chi connectivity index (χ0) is 16.1. The molecular weight excluding hydrogens is 272 g/mol. The fourth-order valence-electron chi connectivity index (χ4n) is 4.69. The van der Waals surface area contributed by atoms with Gasteiger partial charge >= 0.3 is 0 Å². The maximum atomic E-state index is 12.8. The molecule has 1 aliphatic heterocycles. The fraction of sp³-hybridized carbons (Fsp3) is 0.750. The number of ketones is 1. The van der Waals surface area contributed by atoms with Gasteiger partial charge in [0.25, 0.3) is 0 Å². The number of epoxide rings is 1. The monoisotopic (exact) mass is 302 g/mol. The molecular formula is C20H30O2. The second-order valence-corrected chi connectivity index (χ2v) is 8.36. The summed E-state index contributed by atoms with van der Waals surface area (Å²) in [6, 6.07) is 0. The third kappa shape index (κ3) is 2.60. The van der Waals surface area contributed by atoms with Crippen LogP contribution >= 0.6 is 0 Å². The summed E-state index contributed by atoms with van der Waals surface area (Å²) in [7, 11) is 0. The highest BCUT2D eigenvalue weighted by Crippen LogP contribution is 2.54. The fourth-order valence-corrected chi connectivity index (χ4v) is 4.69. The summed E-state index contributed by atoms with van der Waals surface area (Å²) < 4.78 is 5.99. The Balaban J connectivity index is 1.92. The van der Waals surface area contributed by atoms with Crippen molar-refractivity contribution in [2.24, 2.45) is 17.3 Å². The van der Waals surface area contributed by atoms with Gasteiger partial charge in [0.05, 0.1) is 11.7 Å². The number of Topliss-reactive ketones (excluding diaryl/α,β-unsaturated/α-hetero) is 1. The predicted molar refractivity (Wildman–Crippen MR) is 89.6 cm³/mol. The summed E-state index contributed by atoms with van der Waals surface area (Å²) in [4.78, 5) is 12.8. The molecule has 22 heavy (non-hydrogen) atoms. The second kappa shape index (κ2) is 5.33. The van der Waals surface area contributed by atoms with Gasteiger partial charge in [0.1, 0.15) is 5.78 Å². The van der Waals surface area contributed by atoms with Crippen molar-refractivity contribution in [1.82, 2.24) is 0 Å². The number of ether oxygens (including phenoxy) is 1. The molecule has 0 unspecified atom stereocenters. The van der Waals surface area contributed by atoms with E-state index in [0.717, 1.165) is 32.1 Å². The van der Waals surface area contributed by atoms with E-state index < -0.39 is 0 Å². The number of allylic oxidation sites excluding steroid dienone is 3. The summed E-state index contributed by atoms with van der Waals surface area (Å²) in [5.41, 5.74) is 2.43. The molecule has 0 aromatic rings. The van der Waals surface area contributed by atoms with Gasteiger partial charge in [-0.2, -0.15) is 0 Å². The van der Waals surface area contributed by atoms with Crippen LogP contribution < -0.4 is 0 Å². The van der Waals surface area contributed by atoms with Crippen molar-refractivity contribution in [3.05, 3.63) is 23.8 Å². The normalized spacial score (nSPS) is 47.7. The summed E-state index contributed by atoms with van der Waals surface area (Å²) in [5.74, 6) is 1.21. The van der Waals surface area contributed by atoms with Crippen molar-refractivity contribution in [3.63, 3.8) is 0 Å². The number of hydrogen-bond donors (Lipinski definition) is 0. The molecule has 0 amide bonds. The smallest absolute Gasteiger partial charge is 0.139 e. The molecule has 3 aliphatic rings. The van der Waals surface area contributed by atoms with Crippen molar-refractivity contribution in [3.8, 4) is 0 Å². The molecule has 2 aliphatic carbocycles. The molecule has 3 rings (SSSR count). The maximum absolute atomic E-state index is 12.8. The van der Waals surface area contributed by atoms with E-state index in [1.54, 1.807) is 0 Å². The Bertz CT molecular complexity index is 532. The average molecular weight is 302 g/mol. The van der Waals surface area contributed by atoms with Gasteiger partial charge in [-0.25, -0.2) is 0 Å². The van der Waals surface area contributed by atoms with E-state index in [4.69, 9.17) is 4.74 Å². The molecule has 1 heterocycles. The van der Waals surface area contributed by atoms with Crippen molar-refractivity contribution >= 4 is 5.78 Å². The quantitative estimate of drug-likeness (QED) is 0.512. The van der Waals surface area contributed by atoms with Crippen LogP contribution in [0.15, 0.2) is 23.8 Å². The van der Waals surface area contributed by atoms with E-state index in [1.165, 1.54) is 11.1 Å². The highest BCUT2D eigenvalue weighted by Gasteiger charge is 2.55. The summed E-state index contributed by atoms with van der Waals surface area (Å²) >= 11 is 0. The molecule has 1 saturated heterocycles. The molecule has 0 spiro atoms. The third-order valence-corrected chi connectivity index (χ3v) is 6.64. The first-order valence-corrected chi connectivity index (χ1v) is 8.78. The minimum atomic E-state index is -0.212. The van der Waals surface area contributed by atoms with Gasteiger partial charge < -0.3 is 4.74 Å². The van der Waals surface area contributed by atoms with Crippen LogP contribution in [0, 0.1) is 17.3 Å². The molecule has 0 bridgehead atoms. The largest absolute Gasteiger partial charge is 0.366 e.